The fourth-order valence-electron chi connectivity index (χ4n) is 2.68. The molecule has 22 heavy (non-hydrogen) atoms. The van der Waals surface area contributed by atoms with E-state index in [1.165, 1.54) is 0 Å². The minimum atomic E-state index is -0.279. The zero-order valence-electron chi connectivity index (χ0n) is 12.9. The van der Waals surface area contributed by atoms with Crippen molar-refractivity contribution >= 4 is 5.78 Å². The van der Waals surface area contributed by atoms with E-state index in [1.807, 2.05) is 37.3 Å². The molecular formula is C18H18O4. The maximum Gasteiger partial charge on any atom is 0.170 e. The molecule has 0 spiro atoms. The molecule has 1 aliphatic rings. The van der Waals surface area contributed by atoms with Crippen molar-refractivity contribution in [3.63, 3.8) is 0 Å². The van der Waals surface area contributed by atoms with E-state index in [9.17, 15) is 4.79 Å². The Kier molecular flexibility index (Phi) is 3.75. The SMILES string of the molecule is COc1ccc(C2CC(=O)c3cc(C)c(OC)cc3O2)cc1. The molecule has 1 aliphatic heterocycles. The molecule has 1 unspecified atom stereocenters. The van der Waals surface area contributed by atoms with Crippen LogP contribution in [0.2, 0.25) is 0 Å². The maximum atomic E-state index is 12.4. The molecule has 0 saturated heterocycles. The number of aryl methyl sites for hydroxylation is 1. The fraction of sp³-hybridized carbons (Fsp3) is 0.278. The Labute approximate surface area is 129 Å². The number of benzene rings is 2. The summed E-state index contributed by atoms with van der Waals surface area (Å²) < 4.78 is 16.5. The van der Waals surface area contributed by atoms with Crippen molar-refractivity contribution in [2.75, 3.05) is 14.2 Å². The number of ether oxygens (including phenoxy) is 3. The fourth-order valence-corrected chi connectivity index (χ4v) is 2.68. The standard InChI is InChI=1S/C18H18O4/c1-11-8-14-15(19)9-17(22-18(14)10-16(11)21-3)12-4-6-13(20-2)7-5-12/h4-8,10,17H,9H2,1-3H3. The van der Waals surface area contributed by atoms with Crippen LogP contribution in [0.15, 0.2) is 36.4 Å². The minimum Gasteiger partial charge on any atom is -0.497 e. The Bertz CT molecular complexity index is 704. The van der Waals surface area contributed by atoms with Gasteiger partial charge in [-0.2, -0.15) is 0 Å². The molecule has 4 heteroatoms. The Morgan fingerprint density at radius 1 is 1.09 bits per heavy atom. The first-order chi connectivity index (χ1) is 10.6. The Morgan fingerprint density at radius 2 is 1.82 bits per heavy atom. The number of Topliss-reactive ketones (excluding diaryl/α,β-unsaturated/α-hetero) is 1. The topological polar surface area (TPSA) is 44.8 Å². The van der Waals surface area contributed by atoms with Crippen molar-refractivity contribution < 1.29 is 19.0 Å². The molecule has 0 aromatic heterocycles. The normalized spacial score (nSPS) is 16.7. The van der Waals surface area contributed by atoms with Gasteiger partial charge in [-0.1, -0.05) is 12.1 Å². The van der Waals surface area contributed by atoms with Gasteiger partial charge >= 0.3 is 0 Å². The molecule has 0 saturated carbocycles. The number of carbonyl (C=O) groups excluding carboxylic acids is 1. The van der Waals surface area contributed by atoms with Crippen LogP contribution < -0.4 is 14.2 Å². The van der Waals surface area contributed by atoms with E-state index >= 15 is 0 Å². The molecule has 0 fully saturated rings. The second kappa shape index (κ2) is 5.72. The summed E-state index contributed by atoms with van der Waals surface area (Å²) in [5.74, 6) is 2.18. The van der Waals surface area contributed by atoms with Gasteiger partial charge in [0.2, 0.25) is 0 Å². The van der Waals surface area contributed by atoms with Crippen LogP contribution in [0, 0.1) is 6.92 Å². The van der Waals surface area contributed by atoms with E-state index in [0.29, 0.717) is 17.7 Å². The lowest BCUT2D eigenvalue weighted by Crippen LogP contribution is -2.20. The predicted molar refractivity (Wildman–Crippen MR) is 83.0 cm³/mol. The number of hydrogen-bond donors (Lipinski definition) is 0. The number of hydrogen-bond acceptors (Lipinski definition) is 4. The van der Waals surface area contributed by atoms with Crippen LogP contribution in [-0.2, 0) is 0 Å². The zero-order chi connectivity index (χ0) is 15.7. The first-order valence-corrected chi connectivity index (χ1v) is 7.15. The van der Waals surface area contributed by atoms with Crippen LogP contribution in [0.25, 0.3) is 0 Å². The molecule has 2 aromatic carbocycles. The van der Waals surface area contributed by atoms with Crippen molar-refractivity contribution in [3.05, 3.63) is 53.1 Å². The number of ketones is 1. The van der Waals surface area contributed by atoms with Gasteiger partial charge in [-0.3, -0.25) is 4.79 Å². The molecule has 1 atom stereocenters. The highest BCUT2D eigenvalue weighted by Gasteiger charge is 2.28. The largest absolute Gasteiger partial charge is 0.497 e. The summed E-state index contributed by atoms with van der Waals surface area (Å²) in [6.45, 7) is 1.92. The molecule has 0 amide bonds. The van der Waals surface area contributed by atoms with Crippen molar-refractivity contribution in [1.29, 1.82) is 0 Å². The second-order valence-electron chi connectivity index (χ2n) is 5.32. The molecule has 2 aromatic rings. The summed E-state index contributed by atoms with van der Waals surface area (Å²) in [6, 6.07) is 11.2. The third kappa shape index (κ3) is 2.52. The van der Waals surface area contributed by atoms with Gasteiger partial charge in [-0.25, -0.2) is 0 Å². The summed E-state index contributed by atoms with van der Waals surface area (Å²) in [4.78, 5) is 12.4. The average Bonchev–Trinajstić information content (AvgIpc) is 2.55. The van der Waals surface area contributed by atoms with Crippen molar-refractivity contribution in [2.24, 2.45) is 0 Å². The lowest BCUT2D eigenvalue weighted by atomic mass is 9.95. The average molecular weight is 298 g/mol. The molecule has 114 valence electrons. The van der Waals surface area contributed by atoms with E-state index in [-0.39, 0.29) is 11.9 Å². The van der Waals surface area contributed by atoms with E-state index in [1.54, 1.807) is 20.3 Å². The van der Waals surface area contributed by atoms with Crippen LogP contribution in [0.4, 0.5) is 0 Å². The van der Waals surface area contributed by atoms with Crippen LogP contribution in [0.1, 0.15) is 34.0 Å². The zero-order valence-corrected chi connectivity index (χ0v) is 12.9. The third-order valence-corrected chi connectivity index (χ3v) is 3.93. The highest BCUT2D eigenvalue weighted by Crippen LogP contribution is 2.38. The number of carbonyl (C=O) groups is 1. The highest BCUT2D eigenvalue weighted by molar-refractivity contribution is 6.00. The van der Waals surface area contributed by atoms with E-state index in [4.69, 9.17) is 14.2 Å². The van der Waals surface area contributed by atoms with Gasteiger partial charge in [0.1, 0.15) is 23.4 Å². The van der Waals surface area contributed by atoms with Gasteiger partial charge in [0.15, 0.2) is 5.78 Å². The Balaban J connectivity index is 1.94. The molecule has 0 aliphatic carbocycles. The molecule has 4 nitrogen and oxygen atoms in total. The molecule has 0 radical (unpaired) electrons. The van der Waals surface area contributed by atoms with Crippen LogP contribution in [0.5, 0.6) is 17.2 Å². The Morgan fingerprint density at radius 3 is 2.45 bits per heavy atom. The Hall–Kier alpha value is -2.49. The lowest BCUT2D eigenvalue weighted by Gasteiger charge is -2.26. The van der Waals surface area contributed by atoms with Gasteiger partial charge < -0.3 is 14.2 Å². The van der Waals surface area contributed by atoms with Gasteiger partial charge in [-0.05, 0) is 36.2 Å². The molecular weight excluding hydrogens is 280 g/mol. The maximum absolute atomic E-state index is 12.4. The van der Waals surface area contributed by atoms with Crippen molar-refractivity contribution in [3.8, 4) is 17.2 Å². The van der Waals surface area contributed by atoms with Gasteiger partial charge in [0.25, 0.3) is 0 Å². The molecule has 1 heterocycles. The summed E-state index contributed by atoms with van der Waals surface area (Å²) in [7, 11) is 3.24. The quantitative estimate of drug-likeness (QED) is 0.866. The number of fused-ring (bicyclic) bond motifs is 1. The van der Waals surface area contributed by atoms with Crippen LogP contribution in [0.3, 0.4) is 0 Å². The second-order valence-corrected chi connectivity index (χ2v) is 5.32. The highest BCUT2D eigenvalue weighted by atomic mass is 16.5. The van der Waals surface area contributed by atoms with Gasteiger partial charge in [0, 0.05) is 6.07 Å². The van der Waals surface area contributed by atoms with Crippen LogP contribution >= 0.6 is 0 Å². The van der Waals surface area contributed by atoms with Gasteiger partial charge in [0.05, 0.1) is 26.2 Å². The first-order valence-electron chi connectivity index (χ1n) is 7.15. The smallest absolute Gasteiger partial charge is 0.170 e. The molecule has 0 N–H and O–H groups in total. The number of rotatable bonds is 3. The predicted octanol–water partition coefficient (Wildman–Crippen LogP) is 3.72. The molecule has 3 rings (SSSR count). The number of methoxy groups -OCH3 is 2. The van der Waals surface area contributed by atoms with Crippen LogP contribution in [-0.4, -0.2) is 20.0 Å². The summed E-state index contributed by atoms with van der Waals surface area (Å²) in [5, 5.41) is 0. The summed E-state index contributed by atoms with van der Waals surface area (Å²) >= 11 is 0. The van der Waals surface area contributed by atoms with Gasteiger partial charge in [-0.15, -0.1) is 0 Å². The van der Waals surface area contributed by atoms with E-state index in [2.05, 4.69) is 0 Å². The van der Waals surface area contributed by atoms with E-state index < -0.39 is 0 Å². The monoisotopic (exact) mass is 298 g/mol. The van der Waals surface area contributed by atoms with Crippen molar-refractivity contribution in [2.45, 2.75) is 19.4 Å². The molecule has 0 bridgehead atoms. The third-order valence-electron chi connectivity index (χ3n) is 3.93. The first kappa shape index (κ1) is 14.4. The summed E-state index contributed by atoms with van der Waals surface area (Å²) in [6.07, 6.45) is 0.0591. The lowest BCUT2D eigenvalue weighted by molar-refractivity contribution is 0.0849. The van der Waals surface area contributed by atoms with Crippen molar-refractivity contribution in [1.82, 2.24) is 0 Å². The minimum absolute atomic E-state index is 0.0906. The summed E-state index contributed by atoms with van der Waals surface area (Å²) in [5.41, 5.74) is 2.52. The van der Waals surface area contributed by atoms with E-state index in [0.717, 1.165) is 22.6 Å².